The molecule has 0 saturated carbocycles. The molecule has 0 spiro atoms. The molecule has 0 unspecified atom stereocenters. The minimum absolute atomic E-state index is 0.0252. The van der Waals surface area contributed by atoms with Crippen molar-refractivity contribution in [2.45, 2.75) is 6.43 Å². The van der Waals surface area contributed by atoms with Crippen LogP contribution in [0.15, 0.2) is 6.07 Å². The van der Waals surface area contributed by atoms with Crippen LogP contribution in [0.2, 0.25) is 5.02 Å². The third-order valence-electron chi connectivity index (χ3n) is 1.40. The molecule has 6 heteroatoms. The molecule has 0 radical (unpaired) electrons. The number of nitrogen functional groups attached to an aromatic ring is 1. The van der Waals surface area contributed by atoms with Crippen LogP contribution in [0.3, 0.4) is 0 Å². The van der Waals surface area contributed by atoms with Gasteiger partial charge in [-0.15, -0.1) is 0 Å². The molecule has 13 heavy (non-hydrogen) atoms. The van der Waals surface area contributed by atoms with Crippen LogP contribution < -0.4 is 10.5 Å². The summed E-state index contributed by atoms with van der Waals surface area (Å²) in [6, 6.07) is 1.29. The molecule has 1 rings (SSSR count). The van der Waals surface area contributed by atoms with Crippen molar-refractivity contribution >= 4 is 17.3 Å². The van der Waals surface area contributed by atoms with Crippen molar-refractivity contribution in [1.82, 2.24) is 4.98 Å². The second-order valence-corrected chi connectivity index (χ2v) is 2.63. The molecular weight excluding hydrogens is 202 g/mol. The molecule has 0 aliphatic heterocycles. The lowest BCUT2D eigenvalue weighted by Gasteiger charge is -2.07. The fourth-order valence-corrected chi connectivity index (χ4v) is 0.973. The van der Waals surface area contributed by atoms with Gasteiger partial charge in [-0.25, -0.2) is 13.8 Å². The summed E-state index contributed by atoms with van der Waals surface area (Å²) in [6.45, 7) is 0. The molecule has 0 aromatic carbocycles. The fourth-order valence-electron chi connectivity index (χ4n) is 0.794. The van der Waals surface area contributed by atoms with E-state index in [2.05, 4.69) is 9.72 Å². The Balaban J connectivity index is 3.25. The van der Waals surface area contributed by atoms with Crippen molar-refractivity contribution in [3.05, 3.63) is 16.8 Å². The summed E-state index contributed by atoms with van der Waals surface area (Å²) < 4.78 is 29.2. The van der Waals surface area contributed by atoms with E-state index in [9.17, 15) is 8.78 Å². The van der Waals surface area contributed by atoms with Gasteiger partial charge < -0.3 is 10.5 Å². The molecule has 2 N–H and O–H groups in total. The van der Waals surface area contributed by atoms with E-state index < -0.39 is 12.1 Å². The van der Waals surface area contributed by atoms with E-state index in [-0.39, 0.29) is 16.6 Å². The highest BCUT2D eigenvalue weighted by Gasteiger charge is 2.17. The molecule has 1 aromatic rings. The average molecular weight is 209 g/mol. The quantitative estimate of drug-likeness (QED) is 0.811. The van der Waals surface area contributed by atoms with Gasteiger partial charge in [0.2, 0.25) is 5.88 Å². The Morgan fingerprint density at radius 3 is 2.69 bits per heavy atom. The van der Waals surface area contributed by atoms with Crippen LogP contribution in [0.4, 0.5) is 14.5 Å². The molecule has 3 nitrogen and oxygen atoms in total. The number of methoxy groups -OCH3 is 1. The number of pyridine rings is 1. The van der Waals surface area contributed by atoms with Gasteiger partial charge in [0.15, 0.2) is 0 Å². The summed E-state index contributed by atoms with van der Waals surface area (Å²) in [4.78, 5) is 3.47. The minimum Gasteiger partial charge on any atom is -0.481 e. The van der Waals surface area contributed by atoms with Crippen molar-refractivity contribution in [2.24, 2.45) is 0 Å². The van der Waals surface area contributed by atoms with Gasteiger partial charge in [-0.3, -0.25) is 0 Å². The number of rotatable bonds is 2. The summed E-state index contributed by atoms with van der Waals surface area (Å²) in [5.41, 5.74) is 4.82. The van der Waals surface area contributed by atoms with Crippen molar-refractivity contribution in [3.8, 4) is 5.88 Å². The molecule has 0 saturated heterocycles. The normalized spacial score (nSPS) is 10.5. The minimum atomic E-state index is -2.76. The lowest BCUT2D eigenvalue weighted by atomic mass is 10.3. The first kappa shape index (κ1) is 9.98. The number of aromatic nitrogens is 1. The zero-order valence-electron chi connectivity index (χ0n) is 6.72. The van der Waals surface area contributed by atoms with Crippen LogP contribution in [0, 0.1) is 0 Å². The average Bonchev–Trinajstić information content (AvgIpc) is 2.09. The predicted octanol–water partition coefficient (Wildman–Crippen LogP) is 2.26. The fraction of sp³-hybridized carbons (Fsp3) is 0.286. The Hall–Kier alpha value is -1.10. The van der Waals surface area contributed by atoms with Gasteiger partial charge in [-0.2, -0.15) is 0 Å². The number of halogens is 3. The van der Waals surface area contributed by atoms with E-state index in [1.807, 2.05) is 0 Å². The molecule has 0 bridgehead atoms. The van der Waals surface area contributed by atoms with Crippen molar-refractivity contribution in [3.63, 3.8) is 0 Å². The highest BCUT2D eigenvalue weighted by Crippen LogP contribution is 2.32. The molecule has 0 aliphatic carbocycles. The molecule has 0 aliphatic rings. The highest BCUT2D eigenvalue weighted by atomic mass is 35.5. The van der Waals surface area contributed by atoms with Crippen LogP contribution in [0.25, 0.3) is 0 Å². The summed E-state index contributed by atoms with van der Waals surface area (Å²) in [5.74, 6) is 0.0252. The Bertz CT molecular complexity index is 320. The number of alkyl halides is 2. The Kier molecular flexibility index (Phi) is 2.87. The van der Waals surface area contributed by atoms with Crippen LogP contribution >= 0.6 is 11.6 Å². The molecule has 0 amide bonds. The number of anilines is 1. The van der Waals surface area contributed by atoms with E-state index >= 15 is 0 Å². The van der Waals surface area contributed by atoms with Crippen molar-refractivity contribution in [1.29, 1.82) is 0 Å². The van der Waals surface area contributed by atoms with Gasteiger partial charge in [0.25, 0.3) is 6.43 Å². The predicted molar refractivity (Wildman–Crippen MR) is 45.2 cm³/mol. The molecular formula is C7H7ClF2N2O. The number of nitrogens with zero attached hydrogens (tertiary/aromatic N) is 1. The maximum Gasteiger partial charge on any atom is 0.282 e. The Morgan fingerprint density at radius 2 is 2.23 bits per heavy atom. The molecule has 0 fully saturated rings. The lowest BCUT2D eigenvalue weighted by molar-refractivity contribution is 0.145. The van der Waals surface area contributed by atoms with E-state index in [0.29, 0.717) is 0 Å². The van der Waals surface area contributed by atoms with Crippen LogP contribution in [-0.2, 0) is 0 Å². The Labute approximate surface area is 78.5 Å². The molecule has 1 aromatic heterocycles. The number of nitrogens with two attached hydrogens (primary N) is 1. The topological polar surface area (TPSA) is 48.1 Å². The van der Waals surface area contributed by atoms with Gasteiger partial charge in [0, 0.05) is 6.07 Å². The summed E-state index contributed by atoms with van der Waals surface area (Å²) in [6.07, 6.45) is -2.76. The largest absolute Gasteiger partial charge is 0.481 e. The van der Waals surface area contributed by atoms with Crippen molar-refractivity contribution < 1.29 is 13.5 Å². The highest BCUT2D eigenvalue weighted by molar-refractivity contribution is 6.33. The third kappa shape index (κ3) is 1.98. The number of hydrogen-bond donors (Lipinski definition) is 1. The number of hydrogen-bond acceptors (Lipinski definition) is 3. The maximum absolute atomic E-state index is 12.3. The standard InChI is InChI=1S/C7H7ClF2N2O/c1-13-4-2-3(11)5(8)6(12-4)7(9)10/h2,7H,1H3,(H2,11,12). The first-order valence-electron chi connectivity index (χ1n) is 3.34. The van der Waals surface area contributed by atoms with Crippen LogP contribution in [0.5, 0.6) is 5.88 Å². The summed E-state index contributed by atoms with van der Waals surface area (Å²) in [7, 11) is 1.31. The second-order valence-electron chi connectivity index (χ2n) is 2.25. The van der Waals surface area contributed by atoms with Gasteiger partial charge in [-0.1, -0.05) is 11.6 Å². The van der Waals surface area contributed by atoms with E-state index in [1.54, 1.807) is 0 Å². The lowest BCUT2D eigenvalue weighted by Crippen LogP contribution is -1.99. The van der Waals surface area contributed by atoms with Crippen LogP contribution in [-0.4, -0.2) is 12.1 Å². The Morgan fingerprint density at radius 1 is 1.62 bits per heavy atom. The van der Waals surface area contributed by atoms with E-state index in [4.69, 9.17) is 17.3 Å². The molecule has 1 heterocycles. The van der Waals surface area contributed by atoms with Crippen molar-refractivity contribution in [2.75, 3.05) is 12.8 Å². The maximum atomic E-state index is 12.3. The van der Waals surface area contributed by atoms with Gasteiger partial charge in [0.05, 0.1) is 17.8 Å². The van der Waals surface area contributed by atoms with Gasteiger partial charge in [-0.05, 0) is 0 Å². The zero-order valence-corrected chi connectivity index (χ0v) is 7.48. The smallest absolute Gasteiger partial charge is 0.282 e. The second kappa shape index (κ2) is 3.74. The molecule has 72 valence electrons. The monoisotopic (exact) mass is 208 g/mol. The first-order valence-corrected chi connectivity index (χ1v) is 3.72. The van der Waals surface area contributed by atoms with Gasteiger partial charge in [0.1, 0.15) is 5.69 Å². The van der Waals surface area contributed by atoms with Gasteiger partial charge >= 0.3 is 0 Å². The third-order valence-corrected chi connectivity index (χ3v) is 1.82. The first-order chi connectivity index (χ1) is 6.06. The number of ether oxygens (including phenoxy) is 1. The van der Waals surface area contributed by atoms with E-state index in [0.717, 1.165) is 0 Å². The zero-order chi connectivity index (χ0) is 10.0. The van der Waals surface area contributed by atoms with E-state index in [1.165, 1.54) is 13.2 Å². The van der Waals surface area contributed by atoms with Crippen LogP contribution in [0.1, 0.15) is 12.1 Å². The summed E-state index contributed by atoms with van der Waals surface area (Å²) >= 11 is 5.49. The molecule has 0 atom stereocenters. The SMILES string of the molecule is COc1cc(N)c(Cl)c(C(F)F)n1. The summed E-state index contributed by atoms with van der Waals surface area (Å²) in [5, 5.41) is -0.226.